The Morgan fingerprint density at radius 2 is 2.00 bits per heavy atom. The monoisotopic (exact) mass is 356 g/mol. The molecule has 2 rings (SSSR count). The van der Waals surface area contributed by atoms with Crippen LogP contribution in [0.4, 0.5) is 18.9 Å². The first kappa shape index (κ1) is 17.6. The third kappa shape index (κ3) is 4.39. The van der Waals surface area contributed by atoms with E-state index in [1.165, 1.54) is 0 Å². The fourth-order valence-corrected chi connectivity index (χ4v) is 2.35. The first-order chi connectivity index (χ1) is 11.3. The summed E-state index contributed by atoms with van der Waals surface area (Å²) in [6, 6.07) is 8.64. The lowest BCUT2D eigenvalue weighted by Crippen LogP contribution is -2.22. The van der Waals surface area contributed by atoms with E-state index in [1.54, 1.807) is 24.3 Å². The fourth-order valence-electron chi connectivity index (χ4n) is 1.69. The van der Waals surface area contributed by atoms with Crippen LogP contribution in [0.2, 0.25) is 0 Å². The molecular formula is C13H11F3N6OS. The molecule has 2 aromatic rings. The summed E-state index contributed by atoms with van der Waals surface area (Å²) in [6.45, 7) is 0. The van der Waals surface area contributed by atoms with Crippen LogP contribution in [0.5, 0.6) is 0 Å². The molecule has 11 heteroatoms. The number of aromatic nitrogens is 3. The maximum Gasteiger partial charge on any atom is 0.453 e. The Balaban J connectivity index is 1.92. The molecule has 1 aromatic heterocycles. The molecule has 0 radical (unpaired) electrons. The van der Waals surface area contributed by atoms with Gasteiger partial charge in [-0.1, -0.05) is 23.9 Å². The Hall–Kier alpha value is -2.74. The van der Waals surface area contributed by atoms with Crippen LogP contribution in [0.3, 0.4) is 0 Å². The molecule has 0 aliphatic rings. The number of carbonyl (C=O) groups excluding carboxylic acids is 1. The zero-order valence-corrected chi connectivity index (χ0v) is 12.9. The molecule has 1 aromatic carbocycles. The third-order valence-corrected chi connectivity index (χ3v) is 3.71. The SMILES string of the molecule is N#CCc1ccc(NC(=O)CSc2nnc(C(F)(F)F)n2N)cc1. The van der Waals surface area contributed by atoms with Crippen LogP contribution in [-0.2, 0) is 17.4 Å². The molecule has 0 saturated heterocycles. The van der Waals surface area contributed by atoms with Crippen molar-refractivity contribution in [2.75, 3.05) is 16.9 Å². The minimum absolute atomic E-state index is 0.187. The molecule has 0 aliphatic carbocycles. The van der Waals surface area contributed by atoms with Crippen molar-refractivity contribution in [3.63, 3.8) is 0 Å². The zero-order valence-electron chi connectivity index (χ0n) is 12.0. The quantitative estimate of drug-likeness (QED) is 0.624. The Morgan fingerprint density at radius 3 is 2.54 bits per heavy atom. The van der Waals surface area contributed by atoms with E-state index in [4.69, 9.17) is 11.1 Å². The first-order valence-electron chi connectivity index (χ1n) is 6.47. The van der Waals surface area contributed by atoms with Crippen molar-refractivity contribution < 1.29 is 18.0 Å². The molecule has 0 unspecified atom stereocenters. The second-order valence-electron chi connectivity index (χ2n) is 4.54. The number of hydrogen-bond acceptors (Lipinski definition) is 6. The predicted octanol–water partition coefficient (Wildman–Crippen LogP) is 1.81. The van der Waals surface area contributed by atoms with Crippen LogP contribution in [0.15, 0.2) is 29.4 Å². The van der Waals surface area contributed by atoms with Gasteiger partial charge in [-0.15, -0.1) is 10.2 Å². The number of anilines is 1. The standard InChI is InChI=1S/C13H11F3N6OS/c14-13(15,16)11-20-21-12(22(11)18)24-7-10(23)19-9-3-1-8(2-4-9)5-6-17/h1-4H,5,7,18H2,(H,19,23). The van der Waals surface area contributed by atoms with Gasteiger partial charge in [0.05, 0.1) is 18.2 Å². The summed E-state index contributed by atoms with van der Waals surface area (Å²) >= 11 is 0.732. The highest BCUT2D eigenvalue weighted by Gasteiger charge is 2.38. The Labute approximate surface area is 138 Å². The first-order valence-corrected chi connectivity index (χ1v) is 7.46. The summed E-state index contributed by atoms with van der Waals surface area (Å²) < 4.78 is 37.9. The van der Waals surface area contributed by atoms with Gasteiger partial charge in [-0.25, -0.2) is 4.68 Å². The zero-order chi connectivity index (χ0) is 17.7. The number of hydrogen-bond donors (Lipinski definition) is 2. The molecule has 1 heterocycles. The largest absolute Gasteiger partial charge is 0.453 e. The number of nitrogens with two attached hydrogens (primary N) is 1. The lowest BCUT2D eigenvalue weighted by atomic mass is 10.1. The molecule has 126 valence electrons. The summed E-state index contributed by atoms with van der Waals surface area (Å²) in [7, 11) is 0. The minimum atomic E-state index is -4.71. The number of carbonyl (C=O) groups is 1. The van der Waals surface area contributed by atoms with Gasteiger partial charge in [-0.3, -0.25) is 4.79 Å². The van der Waals surface area contributed by atoms with Crippen molar-refractivity contribution in [2.24, 2.45) is 0 Å². The van der Waals surface area contributed by atoms with E-state index in [-0.39, 0.29) is 17.3 Å². The van der Waals surface area contributed by atoms with Crippen LogP contribution in [0, 0.1) is 11.3 Å². The van der Waals surface area contributed by atoms with Gasteiger partial charge in [-0.05, 0) is 17.7 Å². The summed E-state index contributed by atoms with van der Waals surface area (Å²) in [5.41, 5.74) is 1.31. The number of nitriles is 1. The van der Waals surface area contributed by atoms with Crippen LogP contribution in [0.25, 0.3) is 0 Å². The van der Waals surface area contributed by atoms with E-state index in [9.17, 15) is 18.0 Å². The van der Waals surface area contributed by atoms with Gasteiger partial charge in [0.15, 0.2) is 0 Å². The van der Waals surface area contributed by atoms with Gasteiger partial charge in [0.1, 0.15) is 0 Å². The maximum atomic E-state index is 12.5. The van der Waals surface area contributed by atoms with E-state index < -0.39 is 17.9 Å². The molecule has 0 atom stereocenters. The highest BCUT2D eigenvalue weighted by molar-refractivity contribution is 7.99. The molecule has 24 heavy (non-hydrogen) atoms. The van der Waals surface area contributed by atoms with Crippen LogP contribution >= 0.6 is 11.8 Å². The highest BCUT2D eigenvalue weighted by Crippen LogP contribution is 2.28. The number of nitrogen functional groups attached to an aromatic ring is 1. The summed E-state index contributed by atoms with van der Waals surface area (Å²) in [4.78, 5) is 11.8. The lowest BCUT2D eigenvalue weighted by Gasteiger charge is -2.07. The summed E-state index contributed by atoms with van der Waals surface area (Å²) in [5, 5.41) is 17.2. The van der Waals surface area contributed by atoms with Gasteiger partial charge in [0.2, 0.25) is 11.1 Å². The van der Waals surface area contributed by atoms with Gasteiger partial charge >= 0.3 is 6.18 Å². The van der Waals surface area contributed by atoms with Crippen molar-refractivity contribution in [3.8, 4) is 6.07 Å². The fraction of sp³-hybridized carbons (Fsp3) is 0.231. The Kier molecular flexibility index (Phi) is 5.30. The van der Waals surface area contributed by atoms with Crippen molar-refractivity contribution in [2.45, 2.75) is 17.8 Å². The smallest absolute Gasteiger partial charge is 0.335 e. The van der Waals surface area contributed by atoms with Crippen LogP contribution in [-0.4, -0.2) is 26.5 Å². The number of alkyl halides is 3. The number of thioether (sulfide) groups is 1. The molecule has 0 saturated carbocycles. The molecule has 0 spiro atoms. The molecule has 0 bridgehead atoms. The Bertz CT molecular complexity index is 765. The van der Waals surface area contributed by atoms with Crippen molar-refractivity contribution in [1.29, 1.82) is 5.26 Å². The lowest BCUT2D eigenvalue weighted by molar-refractivity contribution is -0.146. The summed E-state index contributed by atoms with van der Waals surface area (Å²) in [6.07, 6.45) is -4.45. The third-order valence-electron chi connectivity index (χ3n) is 2.77. The highest BCUT2D eigenvalue weighted by atomic mass is 32.2. The van der Waals surface area contributed by atoms with E-state index in [0.29, 0.717) is 10.4 Å². The molecular weight excluding hydrogens is 345 g/mol. The molecule has 0 aliphatic heterocycles. The van der Waals surface area contributed by atoms with Gasteiger partial charge in [-0.2, -0.15) is 18.4 Å². The normalized spacial score (nSPS) is 11.1. The van der Waals surface area contributed by atoms with E-state index in [2.05, 4.69) is 15.5 Å². The van der Waals surface area contributed by atoms with Crippen molar-refractivity contribution in [3.05, 3.63) is 35.7 Å². The Morgan fingerprint density at radius 1 is 1.33 bits per heavy atom. The van der Waals surface area contributed by atoms with Gasteiger partial charge in [0, 0.05) is 5.69 Å². The number of rotatable bonds is 5. The van der Waals surface area contributed by atoms with Gasteiger partial charge < -0.3 is 11.2 Å². The van der Waals surface area contributed by atoms with Crippen LogP contribution < -0.4 is 11.2 Å². The number of halogens is 3. The van der Waals surface area contributed by atoms with Crippen LogP contribution in [0.1, 0.15) is 11.4 Å². The van der Waals surface area contributed by atoms with E-state index >= 15 is 0 Å². The minimum Gasteiger partial charge on any atom is -0.335 e. The predicted molar refractivity (Wildman–Crippen MR) is 80.3 cm³/mol. The van der Waals surface area contributed by atoms with Crippen molar-refractivity contribution >= 4 is 23.4 Å². The molecule has 0 fully saturated rings. The van der Waals surface area contributed by atoms with E-state index in [1.807, 2.05) is 6.07 Å². The summed E-state index contributed by atoms with van der Waals surface area (Å²) in [5.74, 6) is 3.30. The molecule has 7 nitrogen and oxygen atoms in total. The average molecular weight is 356 g/mol. The molecule has 3 N–H and O–H groups in total. The average Bonchev–Trinajstić information content (AvgIpc) is 2.88. The second-order valence-corrected chi connectivity index (χ2v) is 5.49. The number of amides is 1. The number of benzene rings is 1. The topological polar surface area (TPSA) is 110 Å². The van der Waals surface area contributed by atoms with Gasteiger partial charge in [0.25, 0.3) is 5.82 Å². The number of nitrogens with zero attached hydrogens (tertiary/aromatic N) is 4. The van der Waals surface area contributed by atoms with Crippen molar-refractivity contribution in [1.82, 2.24) is 14.9 Å². The second kappa shape index (κ2) is 7.22. The molecule has 1 amide bonds. The number of nitrogens with one attached hydrogen (secondary N) is 1. The maximum absolute atomic E-state index is 12.5. The van der Waals surface area contributed by atoms with E-state index in [0.717, 1.165) is 17.3 Å².